The fourth-order valence-corrected chi connectivity index (χ4v) is 7.23. The molecule has 6 atom stereocenters. The van der Waals surface area contributed by atoms with Crippen LogP contribution in [0.3, 0.4) is 0 Å². The highest BCUT2D eigenvalue weighted by molar-refractivity contribution is 7.99. The molecule has 3 heterocycles. The summed E-state index contributed by atoms with van der Waals surface area (Å²) in [7, 11) is 0. The number of nitrogens with zero attached hydrogens (tertiary/aromatic N) is 5. The fraction of sp³-hybridized carbons (Fsp3) is 0.643. The second-order valence-electron chi connectivity index (χ2n) is 11.4. The van der Waals surface area contributed by atoms with Gasteiger partial charge in [0.05, 0.1) is 25.4 Å². The Morgan fingerprint density at radius 1 is 1.15 bits per heavy atom. The van der Waals surface area contributed by atoms with Crippen LogP contribution in [0.5, 0.6) is 0 Å². The largest absolute Gasteiger partial charge is 0.394 e. The van der Waals surface area contributed by atoms with Gasteiger partial charge in [-0.1, -0.05) is 30.0 Å². The Balaban J connectivity index is 1.20. The molecule has 3 saturated carbocycles. The molecule has 10 nitrogen and oxygen atoms in total. The minimum atomic E-state index is -0.848. The van der Waals surface area contributed by atoms with Gasteiger partial charge in [0.1, 0.15) is 12.2 Å². The predicted octanol–water partition coefficient (Wildman–Crippen LogP) is 4.35. The van der Waals surface area contributed by atoms with Crippen LogP contribution in [-0.4, -0.2) is 79.2 Å². The first kappa shape index (κ1) is 27.4. The van der Waals surface area contributed by atoms with E-state index >= 15 is 0 Å². The van der Waals surface area contributed by atoms with Crippen molar-refractivity contribution in [2.45, 2.75) is 99.1 Å². The number of aliphatic hydroxyl groups excluding tert-OH is 1. The second kappa shape index (κ2) is 11.0. The van der Waals surface area contributed by atoms with Crippen molar-refractivity contribution in [2.24, 2.45) is 0 Å². The molecule has 1 saturated heterocycles. The van der Waals surface area contributed by atoms with Crippen molar-refractivity contribution in [1.29, 1.82) is 0 Å². The average molecular weight is 589 g/mol. The minimum absolute atomic E-state index is 0.00745. The standard InChI is InChI=1S/C28H34F2N6O4S/c1-2-11-41-27-32-25(31-19-13-16(19)15-5-6-17(29)18(30)12-15)22-26(33-27)36(35-34-22)20-14-21(38-10-9-37)24-23(20)39-28(40-24)7-3-4-8-28/h5-6,12,16,19-21,23-24,37H,2-4,7-11,13-14H2,1H3,(H,31,32,33)/t16-,19?,20?,21+,23+,24-/m1/s1. The third-order valence-corrected chi connectivity index (χ3v) is 9.62. The molecular formula is C28H34F2N6O4S. The van der Waals surface area contributed by atoms with Crippen molar-refractivity contribution in [3.8, 4) is 0 Å². The molecule has 3 aliphatic carbocycles. The van der Waals surface area contributed by atoms with Crippen LogP contribution in [0.25, 0.3) is 11.2 Å². The van der Waals surface area contributed by atoms with E-state index in [1.807, 2.05) is 4.68 Å². The van der Waals surface area contributed by atoms with Gasteiger partial charge in [0, 0.05) is 37.0 Å². The Kier molecular flexibility index (Phi) is 7.34. The molecule has 220 valence electrons. The Morgan fingerprint density at radius 2 is 1.98 bits per heavy atom. The van der Waals surface area contributed by atoms with Crippen molar-refractivity contribution in [2.75, 3.05) is 24.3 Å². The highest BCUT2D eigenvalue weighted by Crippen LogP contribution is 2.51. The van der Waals surface area contributed by atoms with E-state index in [9.17, 15) is 13.9 Å². The summed E-state index contributed by atoms with van der Waals surface area (Å²) in [5.41, 5.74) is 1.90. The molecule has 0 amide bonds. The van der Waals surface area contributed by atoms with Gasteiger partial charge in [-0.2, -0.15) is 0 Å². The molecule has 3 aromatic rings. The summed E-state index contributed by atoms with van der Waals surface area (Å²) in [6.07, 6.45) is 5.38. The molecule has 7 rings (SSSR count). The summed E-state index contributed by atoms with van der Waals surface area (Å²) in [4.78, 5) is 9.66. The lowest BCUT2D eigenvalue weighted by molar-refractivity contribution is -0.190. The molecule has 0 bridgehead atoms. The summed E-state index contributed by atoms with van der Waals surface area (Å²) in [6, 6.07) is 3.86. The third kappa shape index (κ3) is 5.09. The number of nitrogens with one attached hydrogen (secondary N) is 1. The van der Waals surface area contributed by atoms with Crippen molar-refractivity contribution in [3.63, 3.8) is 0 Å². The highest BCUT2D eigenvalue weighted by atomic mass is 32.2. The lowest BCUT2D eigenvalue weighted by Gasteiger charge is -2.26. The summed E-state index contributed by atoms with van der Waals surface area (Å²) in [5, 5.41) is 22.6. The molecule has 4 fully saturated rings. The first-order valence-corrected chi connectivity index (χ1v) is 15.5. The minimum Gasteiger partial charge on any atom is -0.394 e. The molecule has 2 N–H and O–H groups in total. The zero-order chi connectivity index (χ0) is 28.1. The Labute approximate surface area is 240 Å². The zero-order valence-electron chi connectivity index (χ0n) is 22.8. The van der Waals surface area contributed by atoms with Crippen molar-refractivity contribution < 1.29 is 28.1 Å². The number of aliphatic hydroxyl groups is 1. The quantitative estimate of drug-likeness (QED) is 0.262. The van der Waals surface area contributed by atoms with E-state index in [2.05, 4.69) is 22.6 Å². The fourth-order valence-electron chi connectivity index (χ4n) is 6.54. The molecule has 41 heavy (non-hydrogen) atoms. The average Bonchev–Trinajstić information content (AvgIpc) is 3.32. The molecule has 13 heteroatoms. The molecule has 0 radical (unpaired) electrons. The summed E-state index contributed by atoms with van der Waals surface area (Å²) in [5.74, 6) is -0.794. The SMILES string of the molecule is CCCSc1nc(NC2C[C@@H]2c2ccc(F)c(F)c2)c2nnn(C3C[C@H](OCCO)[C@H]4OC5(CCCC5)O[C@@H]34)c2n1. The van der Waals surface area contributed by atoms with Gasteiger partial charge in [-0.25, -0.2) is 23.4 Å². The van der Waals surface area contributed by atoms with Gasteiger partial charge in [0.25, 0.3) is 0 Å². The van der Waals surface area contributed by atoms with E-state index in [0.29, 0.717) is 28.6 Å². The van der Waals surface area contributed by atoms with E-state index in [1.54, 1.807) is 17.8 Å². The predicted molar refractivity (Wildman–Crippen MR) is 147 cm³/mol. The van der Waals surface area contributed by atoms with Gasteiger partial charge >= 0.3 is 0 Å². The Hall–Kier alpha value is -2.45. The van der Waals surface area contributed by atoms with E-state index in [1.165, 1.54) is 12.1 Å². The number of aromatic nitrogens is 5. The van der Waals surface area contributed by atoms with Gasteiger partial charge < -0.3 is 24.6 Å². The number of benzene rings is 1. The highest BCUT2D eigenvalue weighted by Gasteiger charge is 2.59. The number of ether oxygens (including phenoxy) is 3. The summed E-state index contributed by atoms with van der Waals surface area (Å²) < 4.78 is 48.3. The normalized spacial score (nSPS) is 30.0. The van der Waals surface area contributed by atoms with Crippen LogP contribution in [0.15, 0.2) is 23.4 Å². The first-order chi connectivity index (χ1) is 20.0. The maximum absolute atomic E-state index is 13.9. The maximum Gasteiger partial charge on any atom is 0.191 e. The van der Waals surface area contributed by atoms with Crippen molar-refractivity contribution >= 4 is 28.7 Å². The lowest BCUT2D eigenvalue weighted by Crippen LogP contribution is -2.32. The second-order valence-corrected chi connectivity index (χ2v) is 12.5. The van der Waals surface area contributed by atoms with E-state index in [4.69, 9.17) is 24.2 Å². The van der Waals surface area contributed by atoms with Gasteiger partial charge in [-0.3, -0.25) is 0 Å². The van der Waals surface area contributed by atoms with Crippen LogP contribution in [0.4, 0.5) is 14.6 Å². The summed E-state index contributed by atoms with van der Waals surface area (Å²) >= 11 is 1.57. The van der Waals surface area contributed by atoms with Gasteiger partial charge in [-0.15, -0.1) is 5.10 Å². The van der Waals surface area contributed by atoms with Crippen LogP contribution in [0.2, 0.25) is 0 Å². The molecule has 2 aromatic heterocycles. The van der Waals surface area contributed by atoms with Crippen molar-refractivity contribution in [1.82, 2.24) is 25.0 Å². The van der Waals surface area contributed by atoms with Gasteiger partial charge in [-0.05, 0) is 43.4 Å². The number of rotatable bonds is 10. The van der Waals surface area contributed by atoms with Crippen LogP contribution >= 0.6 is 11.8 Å². The monoisotopic (exact) mass is 588 g/mol. The number of hydrogen-bond donors (Lipinski definition) is 2. The molecule has 1 aromatic carbocycles. The molecular weight excluding hydrogens is 554 g/mol. The van der Waals surface area contributed by atoms with Crippen LogP contribution in [-0.2, 0) is 14.2 Å². The molecule has 4 aliphatic rings. The Morgan fingerprint density at radius 3 is 2.76 bits per heavy atom. The number of halogens is 2. The molecule has 1 spiro atoms. The molecule has 1 aliphatic heterocycles. The van der Waals surface area contributed by atoms with E-state index < -0.39 is 17.4 Å². The van der Waals surface area contributed by atoms with Crippen LogP contribution in [0.1, 0.15) is 69.4 Å². The zero-order valence-corrected chi connectivity index (χ0v) is 23.7. The first-order valence-electron chi connectivity index (χ1n) is 14.5. The maximum atomic E-state index is 13.9. The number of hydrogen-bond acceptors (Lipinski definition) is 10. The van der Waals surface area contributed by atoms with E-state index in [0.717, 1.165) is 49.8 Å². The van der Waals surface area contributed by atoms with E-state index in [-0.39, 0.29) is 49.5 Å². The van der Waals surface area contributed by atoms with Gasteiger partial charge in [0.2, 0.25) is 0 Å². The number of anilines is 1. The van der Waals surface area contributed by atoms with Crippen LogP contribution < -0.4 is 5.32 Å². The lowest BCUT2D eigenvalue weighted by atomic mass is 10.1. The number of thioether (sulfide) groups is 1. The number of fused-ring (bicyclic) bond motifs is 2. The smallest absolute Gasteiger partial charge is 0.191 e. The van der Waals surface area contributed by atoms with Crippen molar-refractivity contribution in [3.05, 3.63) is 35.4 Å². The van der Waals surface area contributed by atoms with Crippen LogP contribution in [0, 0.1) is 11.6 Å². The third-order valence-electron chi connectivity index (χ3n) is 8.57. The Bertz CT molecular complexity index is 1420. The van der Waals surface area contributed by atoms with Gasteiger partial charge in [0.15, 0.2) is 39.6 Å². The summed E-state index contributed by atoms with van der Waals surface area (Å²) in [6.45, 7) is 2.27. The molecule has 2 unspecified atom stereocenters. The topological polar surface area (TPSA) is 116 Å².